The Bertz CT molecular complexity index is 1500. The van der Waals surface area contributed by atoms with Gasteiger partial charge in [0.2, 0.25) is 0 Å². The molecule has 5 nitrogen and oxygen atoms in total. The molecule has 0 spiro atoms. The van der Waals surface area contributed by atoms with E-state index in [1.165, 1.54) is 11.1 Å². The second kappa shape index (κ2) is 11.8. The van der Waals surface area contributed by atoms with Crippen molar-refractivity contribution in [2.45, 2.75) is 26.2 Å². The number of hydrogen-bond donors (Lipinski definition) is 1. The molecule has 0 aliphatic heterocycles. The van der Waals surface area contributed by atoms with E-state index in [1.807, 2.05) is 56.3 Å². The fourth-order valence-corrected chi connectivity index (χ4v) is 4.89. The van der Waals surface area contributed by atoms with Crippen LogP contribution >= 0.6 is 0 Å². The Morgan fingerprint density at radius 1 is 0.846 bits per heavy atom. The van der Waals surface area contributed by atoms with E-state index in [0.717, 1.165) is 40.2 Å². The number of methoxy groups -OCH3 is 1. The lowest BCUT2D eigenvalue weighted by atomic mass is 9.88. The summed E-state index contributed by atoms with van der Waals surface area (Å²) >= 11 is 0. The fourth-order valence-electron chi connectivity index (χ4n) is 4.89. The van der Waals surface area contributed by atoms with E-state index >= 15 is 0 Å². The number of nitrogens with zero attached hydrogens (tertiary/aromatic N) is 2. The quantitative estimate of drug-likeness (QED) is 0.227. The lowest BCUT2D eigenvalue weighted by Gasteiger charge is -2.18. The third kappa shape index (κ3) is 5.93. The molecule has 0 unspecified atom stereocenters. The van der Waals surface area contributed by atoms with Crippen molar-refractivity contribution in [1.82, 2.24) is 15.1 Å². The first kappa shape index (κ1) is 26.0. The van der Waals surface area contributed by atoms with Gasteiger partial charge in [0.05, 0.1) is 18.5 Å². The third-order valence-corrected chi connectivity index (χ3v) is 7.04. The number of benzene rings is 4. The van der Waals surface area contributed by atoms with Crippen LogP contribution in [0.3, 0.4) is 0 Å². The summed E-state index contributed by atoms with van der Waals surface area (Å²) in [4.78, 5) is 13.6. The van der Waals surface area contributed by atoms with Gasteiger partial charge in [-0.05, 0) is 78.9 Å². The molecule has 0 bridgehead atoms. The van der Waals surface area contributed by atoms with E-state index in [0.29, 0.717) is 12.2 Å². The molecule has 1 aromatic heterocycles. The van der Waals surface area contributed by atoms with Crippen LogP contribution in [0.1, 0.15) is 45.1 Å². The van der Waals surface area contributed by atoms with Crippen LogP contribution in [0.4, 0.5) is 0 Å². The molecule has 4 aromatic carbocycles. The zero-order valence-electron chi connectivity index (χ0n) is 22.6. The number of carbonyl (C=O) groups excluding carboxylic acids is 1. The van der Waals surface area contributed by atoms with Crippen molar-refractivity contribution in [3.63, 3.8) is 0 Å². The predicted molar refractivity (Wildman–Crippen MR) is 157 cm³/mol. The Morgan fingerprint density at radius 2 is 1.49 bits per heavy atom. The number of aryl methyl sites for hydroxylation is 2. The van der Waals surface area contributed by atoms with Gasteiger partial charge < -0.3 is 10.1 Å². The SMILES string of the molecule is COc1ccc(-c2cc(C(=O)NCCC(c3ccccc3)c3ccccc3)n(-c3cc(C)ccc3C)n2)cc1. The summed E-state index contributed by atoms with van der Waals surface area (Å²) in [6, 6.07) is 36.7. The summed E-state index contributed by atoms with van der Waals surface area (Å²) in [5.74, 6) is 0.812. The van der Waals surface area contributed by atoms with Crippen LogP contribution in [0, 0.1) is 13.8 Å². The van der Waals surface area contributed by atoms with Crippen LogP contribution in [0.25, 0.3) is 16.9 Å². The molecule has 39 heavy (non-hydrogen) atoms. The number of aromatic nitrogens is 2. The first-order valence-corrected chi connectivity index (χ1v) is 13.2. The van der Waals surface area contributed by atoms with Crippen molar-refractivity contribution < 1.29 is 9.53 Å². The summed E-state index contributed by atoms with van der Waals surface area (Å²) in [7, 11) is 1.65. The van der Waals surface area contributed by atoms with Gasteiger partial charge in [-0.2, -0.15) is 5.10 Å². The molecular weight excluding hydrogens is 482 g/mol. The largest absolute Gasteiger partial charge is 0.497 e. The average Bonchev–Trinajstić information content (AvgIpc) is 3.43. The van der Waals surface area contributed by atoms with Gasteiger partial charge in [-0.1, -0.05) is 72.8 Å². The molecule has 1 N–H and O–H groups in total. The van der Waals surface area contributed by atoms with E-state index in [-0.39, 0.29) is 11.8 Å². The second-order valence-electron chi connectivity index (χ2n) is 9.76. The summed E-state index contributed by atoms with van der Waals surface area (Å²) in [5, 5.41) is 8.06. The maximum atomic E-state index is 13.6. The first-order valence-electron chi connectivity index (χ1n) is 13.2. The van der Waals surface area contributed by atoms with Crippen LogP contribution in [0.5, 0.6) is 5.75 Å². The van der Waals surface area contributed by atoms with Gasteiger partial charge in [-0.15, -0.1) is 0 Å². The maximum Gasteiger partial charge on any atom is 0.270 e. The Balaban J connectivity index is 1.42. The smallest absolute Gasteiger partial charge is 0.270 e. The highest BCUT2D eigenvalue weighted by molar-refractivity contribution is 5.94. The molecule has 0 fully saturated rings. The molecule has 0 aliphatic carbocycles. The standard InChI is InChI=1S/C34H33N3O2/c1-24-14-15-25(2)32(22-24)37-33(23-31(36-37)28-16-18-29(39-3)19-17-28)34(38)35-21-20-30(26-10-6-4-7-11-26)27-12-8-5-9-13-27/h4-19,22-23,30H,20-21H2,1-3H3,(H,35,38). The van der Waals surface area contributed by atoms with Crippen molar-refractivity contribution in [2.75, 3.05) is 13.7 Å². The lowest BCUT2D eigenvalue weighted by Crippen LogP contribution is -2.28. The summed E-state index contributed by atoms with van der Waals surface area (Å²) < 4.78 is 7.08. The monoisotopic (exact) mass is 515 g/mol. The third-order valence-electron chi connectivity index (χ3n) is 7.04. The van der Waals surface area contributed by atoms with Crippen molar-refractivity contribution in [2.24, 2.45) is 0 Å². The fraction of sp³-hybridized carbons (Fsp3) is 0.176. The normalized spacial score (nSPS) is 11.0. The van der Waals surface area contributed by atoms with Crippen LogP contribution in [-0.2, 0) is 0 Å². The number of carbonyl (C=O) groups is 1. The molecule has 0 radical (unpaired) electrons. The van der Waals surface area contributed by atoms with Crippen LogP contribution in [-0.4, -0.2) is 29.3 Å². The summed E-state index contributed by atoms with van der Waals surface area (Å²) in [6.45, 7) is 4.61. The Hall–Kier alpha value is -4.64. The maximum absolute atomic E-state index is 13.6. The molecule has 5 rings (SSSR count). The molecule has 1 heterocycles. The number of amides is 1. The number of ether oxygens (including phenoxy) is 1. The van der Waals surface area contributed by atoms with Crippen molar-refractivity contribution in [1.29, 1.82) is 0 Å². The van der Waals surface area contributed by atoms with Gasteiger partial charge in [0.1, 0.15) is 11.4 Å². The van der Waals surface area contributed by atoms with E-state index < -0.39 is 0 Å². The highest BCUT2D eigenvalue weighted by Crippen LogP contribution is 2.28. The van der Waals surface area contributed by atoms with Crippen molar-refractivity contribution >= 4 is 5.91 Å². The van der Waals surface area contributed by atoms with Crippen molar-refractivity contribution in [3.05, 3.63) is 137 Å². The van der Waals surface area contributed by atoms with Crippen LogP contribution in [0.2, 0.25) is 0 Å². The molecule has 196 valence electrons. The minimum absolute atomic E-state index is 0.150. The molecule has 0 saturated carbocycles. The van der Waals surface area contributed by atoms with Gasteiger partial charge >= 0.3 is 0 Å². The van der Waals surface area contributed by atoms with E-state index in [2.05, 4.69) is 72.0 Å². The zero-order chi connectivity index (χ0) is 27.2. The molecule has 5 heteroatoms. The molecular formula is C34H33N3O2. The molecule has 0 saturated heterocycles. The molecule has 0 aliphatic rings. The average molecular weight is 516 g/mol. The van der Waals surface area contributed by atoms with Gasteiger partial charge in [-0.3, -0.25) is 4.79 Å². The number of hydrogen-bond acceptors (Lipinski definition) is 3. The van der Waals surface area contributed by atoms with Crippen molar-refractivity contribution in [3.8, 4) is 22.7 Å². The van der Waals surface area contributed by atoms with E-state index in [4.69, 9.17) is 9.84 Å². The molecule has 5 aromatic rings. The van der Waals surface area contributed by atoms with Crippen LogP contribution < -0.4 is 10.1 Å². The van der Waals surface area contributed by atoms with E-state index in [9.17, 15) is 4.79 Å². The summed E-state index contributed by atoms with van der Waals surface area (Å²) in [5.41, 5.74) is 7.68. The Labute approximate surface area is 230 Å². The minimum atomic E-state index is -0.150. The Kier molecular flexibility index (Phi) is 7.88. The molecule has 0 atom stereocenters. The highest BCUT2D eigenvalue weighted by Gasteiger charge is 2.20. The topological polar surface area (TPSA) is 56.1 Å². The van der Waals surface area contributed by atoms with Gasteiger partial charge in [0, 0.05) is 18.0 Å². The minimum Gasteiger partial charge on any atom is -0.497 e. The number of rotatable bonds is 9. The first-order chi connectivity index (χ1) is 19.0. The number of nitrogens with one attached hydrogen (secondary N) is 1. The van der Waals surface area contributed by atoms with Gasteiger partial charge in [-0.25, -0.2) is 4.68 Å². The van der Waals surface area contributed by atoms with Gasteiger partial charge in [0.25, 0.3) is 5.91 Å². The highest BCUT2D eigenvalue weighted by atomic mass is 16.5. The van der Waals surface area contributed by atoms with E-state index in [1.54, 1.807) is 11.8 Å². The van der Waals surface area contributed by atoms with Crippen LogP contribution in [0.15, 0.2) is 109 Å². The van der Waals surface area contributed by atoms with Gasteiger partial charge in [0.15, 0.2) is 0 Å². The molecule has 1 amide bonds. The Morgan fingerprint density at radius 3 is 2.10 bits per heavy atom. The second-order valence-corrected chi connectivity index (χ2v) is 9.76. The predicted octanol–water partition coefficient (Wildman–Crippen LogP) is 7.12. The zero-order valence-corrected chi connectivity index (χ0v) is 22.6. The summed E-state index contributed by atoms with van der Waals surface area (Å²) in [6.07, 6.45) is 0.780. The lowest BCUT2D eigenvalue weighted by molar-refractivity contribution is 0.0945.